The van der Waals surface area contributed by atoms with Crippen LogP contribution in [-0.2, 0) is 0 Å². The highest BCUT2D eigenvalue weighted by molar-refractivity contribution is 6.22. The van der Waals surface area contributed by atoms with E-state index >= 15 is 0 Å². The van der Waals surface area contributed by atoms with E-state index in [0.717, 1.165) is 11.8 Å². The molecule has 0 bridgehead atoms. The van der Waals surface area contributed by atoms with Crippen molar-refractivity contribution >= 4 is 28.6 Å². The number of carbonyl (C=O) groups excluding carboxylic acids is 1. The topological polar surface area (TPSA) is 48.0 Å². The second kappa shape index (κ2) is 3.24. The molecule has 15 heavy (non-hydrogen) atoms. The van der Waals surface area contributed by atoms with Crippen LogP contribution in [-0.4, -0.2) is 9.99 Å². The van der Waals surface area contributed by atoms with E-state index in [4.69, 9.17) is 17.5 Å². The Morgan fingerprint density at radius 3 is 2.73 bits per heavy atom. The summed E-state index contributed by atoms with van der Waals surface area (Å²) in [6.45, 7) is 1.76. The monoisotopic (exact) mass is 226 g/mol. The number of hydrogen-bond acceptors (Lipinski definition) is 1. The highest BCUT2D eigenvalue weighted by Gasteiger charge is 2.14. The van der Waals surface area contributed by atoms with Crippen molar-refractivity contribution in [2.75, 3.05) is 0 Å². The number of nitrogens with two attached hydrogens (primary N) is 1. The quantitative estimate of drug-likeness (QED) is 0.796. The Kier molecular flexibility index (Phi) is 2.16. The van der Waals surface area contributed by atoms with Gasteiger partial charge in [-0.05, 0) is 25.1 Å². The summed E-state index contributed by atoms with van der Waals surface area (Å²) in [5.74, 6) is -1.20. The minimum Gasteiger partial charge on any atom is -0.366 e. The third-order valence-electron chi connectivity index (χ3n) is 2.24. The molecule has 2 N–H and O–H groups in total. The molecule has 5 heteroatoms. The van der Waals surface area contributed by atoms with Crippen LogP contribution in [0.4, 0.5) is 4.39 Å². The molecule has 2 rings (SSSR count). The van der Waals surface area contributed by atoms with E-state index in [1.807, 2.05) is 0 Å². The largest absolute Gasteiger partial charge is 0.366 e. The van der Waals surface area contributed by atoms with E-state index in [-0.39, 0.29) is 5.56 Å². The number of amides is 1. The van der Waals surface area contributed by atoms with Crippen molar-refractivity contribution in [3.63, 3.8) is 0 Å². The maximum Gasteiger partial charge on any atom is 0.250 e. The van der Waals surface area contributed by atoms with Crippen molar-refractivity contribution in [2.24, 2.45) is 5.73 Å². The second-order valence-electron chi connectivity index (χ2n) is 3.32. The third kappa shape index (κ3) is 1.47. The van der Waals surface area contributed by atoms with Gasteiger partial charge in [0.25, 0.3) is 5.91 Å². The zero-order valence-electron chi connectivity index (χ0n) is 7.92. The first-order valence-electron chi connectivity index (χ1n) is 4.28. The summed E-state index contributed by atoms with van der Waals surface area (Å²) in [6, 6.07) is 4.09. The molecule has 0 saturated heterocycles. The van der Waals surface area contributed by atoms with E-state index in [1.54, 1.807) is 13.0 Å². The summed E-state index contributed by atoms with van der Waals surface area (Å²) >= 11 is 5.93. The predicted octanol–water partition coefficient (Wildman–Crippen LogP) is 2.19. The first kappa shape index (κ1) is 9.98. The highest BCUT2D eigenvalue weighted by atomic mass is 35.5. The van der Waals surface area contributed by atoms with Gasteiger partial charge in [0, 0.05) is 22.9 Å². The van der Waals surface area contributed by atoms with Crippen molar-refractivity contribution in [3.8, 4) is 0 Å². The summed E-state index contributed by atoms with van der Waals surface area (Å²) in [7, 11) is 0. The Bertz CT molecular complexity index is 562. The fourth-order valence-corrected chi connectivity index (χ4v) is 1.83. The number of benzene rings is 1. The van der Waals surface area contributed by atoms with Gasteiger partial charge in [-0.2, -0.15) is 0 Å². The van der Waals surface area contributed by atoms with Crippen LogP contribution in [0.1, 0.15) is 16.1 Å². The molecule has 0 atom stereocenters. The normalized spacial score (nSPS) is 10.9. The predicted molar refractivity (Wildman–Crippen MR) is 56.4 cm³/mol. The number of hydrogen-bond donors (Lipinski definition) is 1. The summed E-state index contributed by atoms with van der Waals surface area (Å²) < 4.78 is 14.4. The van der Waals surface area contributed by atoms with Crippen LogP contribution in [0, 0.1) is 12.7 Å². The number of halogens is 2. The van der Waals surface area contributed by atoms with Crippen LogP contribution in [0.2, 0.25) is 0 Å². The lowest BCUT2D eigenvalue weighted by Crippen LogP contribution is -2.12. The first-order valence-corrected chi connectivity index (χ1v) is 4.62. The molecule has 0 fully saturated rings. The average molecular weight is 227 g/mol. The fourth-order valence-electron chi connectivity index (χ4n) is 1.60. The number of rotatable bonds is 1. The van der Waals surface area contributed by atoms with Gasteiger partial charge in [-0.15, -0.1) is 0 Å². The van der Waals surface area contributed by atoms with Gasteiger partial charge in [0.15, 0.2) is 0 Å². The summed E-state index contributed by atoms with van der Waals surface area (Å²) in [5.41, 5.74) is 6.41. The van der Waals surface area contributed by atoms with E-state index in [9.17, 15) is 9.18 Å². The van der Waals surface area contributed by atoms with Crippen molar-refractivity contribution in [1.29, 1.82) is 0 Å². The van der Waals surface area contributed by atoms with Gasteiger partial charge >= 0.3 is 0 Å². The zero-order chi connectivity index (χ0) is 11.2. The number of primary amides is 1. The van der Waals surface area contributed by atoms with Gasteiger partial charge in [-0.25, -0.2) is 4.39 Å². The number of aryl methyl sites for hydroxylation is 1. The van der Waals surface area contributed by atoms with Crippen molar-refractivity contribution < 1.29 is 9.18 Å². The zero-order valence-corrected chi connectivity index (χ0v) is 8.68. The van der Waals surface area contributed by atoms with Crippen LogP contribution in [0.25, 0.3) is 10.9 Å². The lowest BCUT2D eigenvalue weighted by molar-refractivity contribution is 0.100. The molecular formula is C10H8ClFN2O. The molecule has 1 heterocycles. The molecule has 0 aliphatic rings. The van der Waals surface area contributed by atoms with E-state index in [2.05, 4.69) is 0 Å². The Hall–Kier alpha value is -1.55. The molecule has 0 saturated carbocycles. The van der Waals surface area contributed by atoms with Gasteiger partial charge in [-0.3, -0.25) is 8.88 Å². The number of fused-ring (bicyclic) bond motifs is 1. The molecule has 0 radical (unpaired) electrons. The number of aromatic nitrogens is 1. The highest BCUT2D eigenvalue weighted by Crippen LogP contribution is 2.25. The molecule has 78 valence electrons. The van der Waals surface area contributed by atoms with Gasteiger partial charge in [0.05, 0.1) is 11.1 Å². The molecule has 0 aliphatic heterocycles. The van der Waals surface area contributed by atoms with Crippen molar-refractivity contribution in [2.45, 2.75) is 6.92 Å². The smallest absolute Gasteiger partial charge is 0.250 e. The molecule has 1 aromatic carbocycles. The Morgan fingerprint density at radius 1 is 1.47 bits per heavy atom. The Morgan fingerprint density at radius 2 is 2.13 bits per heavy atom. The van der Waals surface area contributed by atoms with Crippen molar-refractivity contribution in [1.82, 2.24) is 4.09 Å². The van der Waals surface area contributed by atoms with E-state index < -0.39 is 11.7 Å². The summed E-state index contributed by atoms with van der Waals surface area (Å²) in [6.07, 6.45) is 0. The van der Waals surface area contributed by atoms with Crippen LogP contribution in [0.15, 0.2) is 18.2 Å². The summed E-state index contributed by atoms with van der Waals surface area (Å²) in [5, 5.41) is 0.566. The van der Waals surface area contributed by atoms with Crippen LogP contribution < -0.4 is 5.73 Å². The molecule has 1 amide bonds. The maximum atomic E-state index is 13.1. The van der Waals surface area contributed by atoms with E-state index in [1.165, 1.54) is 10.2 Å². The molecular weight excluding hydrogens is 219 g/mol. The Labute approximate surface area is 90.3 Å². The van der Waals surface area contributed by atoms with Crippen LogP contribution in [0.5, 0.6) is 0 Å². The summed E-state index contributed by atoms with van der Waals surface area (Å²) in [4.78, 5) is 11.1. The maximum absolute atomic E-state index is 13.1. The van der Waals surface area contributed by atoms with E-state index in [0.29, 0.717) is 10.9 Å². The third-order valence-corrected chi connectivity index (χ3v) is 2.68. The number of carbonyl (C=O) groups is 1. The molecule has 2 aromatic rings. The lowest BCUT2D eigenvalue weighted by atomic mass is 10.1. The second-order valence-corrected chi connectivity index (χ2v) is 3.66. The minimum absolute atomic E-state index is 0.0908. The standard InChI is InChI=1S/C10H8ClFN2O/c1-5-2-6-3-7(12)4-8(10(13)15)9(6)14(5)11/h2-4H,1H3,(H2,13,15). The van der Waals surface area contributed by atoms with Gasteiger partial charge in [0.2, 0.25) is 0 Å². The first-order chi connectivity index (χ1) is 7.00. The van der Waals surface area contributed by atoms with Crippen LogP contribution in [0.3, 0.4) is 0 Å². The Balaban J connectivity index is 2.94. The lowest BCUT2D eigenvalue weighted by Gasteiger charge is -2.01. The van der Waals surface area contributed by atoms with Gasteiger partial charge < -0.3 is 5.73 Å². The molecule has 3 nitrogen and oxygen atoms in total. The molecule has 0 unspecified atom stereocenters. The number of nitrogens with zero attached hydrogens (tertiary/aromatic N) is 1. The van der Waals surface area contributed by atoms with Crippen LogP contribution >= 0.6 is 11.8 Å². The molecule has 0 spiro atoms. The van der Waals surface area contributed by atoms with Gasteiger partial charge in [-0.1, -0.05) is 0 Å². The fraction of sp³-hybridized carbons (Fsp3) is 0.100. The van der Waals surface area contributed by atoms with Crippen molar-refractivity contribution in [3.05, 3.63) is 35.3 Å². The average Bonchev–Trinajstić information content (AvgIpc) is 2.41. The molecule has 1 aromatic heterocycles. The SMILES string of the molecule is Cc1cc2cc(F)cc(C(N)=O)c2n1Cl. The minimum atomic E-state index is -0.695. The molecule has 0 aliphatic carbocycles. The van der Waals surface area contributed by atoms with Gasteiger partial charge in [0.1, 0.15) is 5.82 Å².